The lowest BCUT2D eigenvalue weighted by molar-refractivity contribution is -0.0411. The van der Waals surface area contributed by atoms with Crippen LogP contribution in [0, 0.1) is 0 Å². The molecular weight excluding hydrogens is 288 g/mol. The normalized spacial score (nSPS) is 24.3. The van der Waals surface area contributed by atoms with Crippen LogP contribution in [0.2, 0.25) is 0 Å². The molecule has 1 heterocycles. The van der Waals surface area contributed by atoms with Gasteiger partial charge in [0.2, 0.25) is 0 Å². The predicted octanol–water partition coefficient (Wildman–Crippen LogP) is 5.85. The maximum absolute atomic E-state index is 6.05. The highest BCUT2D eigenvalue weighted by Crippen LogP contribution is 2.24. The molecule has 0 aromatic carbocycles. The predicted molar refractivity (Wildman–Crippen MR) is 83.5 cm³/mol. The highest BCUT2D eigenvalue weighted by atomic mass is 79.9. The fraction of sp³-hybridized carbons (Fsp3) is 1.00. The summed E-state index contributed by atoms with van der Waals surface area (Å²) in [7, 11) is 0. The summed E-state index contributed by atoms with van der Waals surface area (Å²) < 4.78 is 6.05. The van der Waals surface area contributed by atoms with Crippen LogP contribution in [0.25, 0.3) is 0 Å². The summed E-state index contributed by atoms with van der Waals surface area (Å²) in [6, 6.07) is 0. The Morgan fingerprint density at radius 1 is 0.889 bits per heavy atom. The molecule has 1 rings (SSSR count). The molecule has 1 nitrogen and oxygen atoms in total. The van der Waals surface area contributed by atoms with Crippen molar-refractivity contribution in [2.45, 2.75) is 96.2 Å². The molecule has 0 amide bonds. The van der Waals surface area contributed by atoms with Gasteiger partial charge in [-0.15, -0.1) is 0 Å². The van der Waals surface area contributed by atoms with Crippen molar-refractivity contribution in [2.24, 2.45) is 0 Å². The molecule has 0 spiro atoms. The van der Waals surface area contributed by atoms with E-state index in [0.717, 1.165) is 5.33 Å². The Morgan fingerprint density at radius 3 is 2.17 bits per heavy atom. The zero-order chi connectivity index (χ0) is 13.1. The van der Waals surface area contributed by atoms with Crippen molar-refractivity contribution in [3.8, 4) is 0 Å². The first-order valence-corrected chi connectivity index (χ1v) is 9.20. The Labute approximate surface area is 122 Å². The van der Waals surface area contributed by atoms with E-state index >= 15 is 0 Å². The van der Waals surface area contributed by atoms with E-state index in [9.17, 15) is 0 Å². The highest BCUT2D eigenvalue weighted by molar-refractivity contribution is 9.09. The smallest absolute Gasteiger partial charge is 0.0675 e. The number of ether oxygens (including phenoxy) is 1. The molecule has 0 saturated carbocycles. The van der Waals surface area contributed by atoms with Gasteiger partial charge in [-0.25, -0.2) is 0 Å². The van der Waals surface area contributed by atoms with Crippen molar-refractivity contribution < 1.29 is 4.74 Å². The molecule has 2 unspecified atom stereocenters. The van der Waals surface area contributed by atoms with Gasteiger partial charge >= 0.3 is 0 Å². The monoisotopic (exact) mass is 318 g/mol. The molecule has 0 aliphatic carbocycles. The van der Waals surface area contributed by atoms with Gasteiger partial charge < -0.3 is 4.74 Å². The number of rotatable bonds is 10. The van der Waals surface area contributed by atoms with Gasteiger partial charge in [0.25, 0.3) is 0 Å². The molecule has 0 radical (unpaired) electrons. The molecule has 1 saturated heterocycles. The Kier molecular flexibility index (Phi) is 10.3. The van der Waals surface area contributed by atoms with Gasteiger partial charge in [0.1, 0.15) is 0 Å². The van der Waals surface area contributed by atoms with E-state index in [2.05, 4.69) is 22.9 Å². The molecule has 0 bridgehead atoms. The third-order valence-corrected chi connectivity index (χ3v) is 4.71. The van der Waals surface area contributed by atoms with E-state index in [1.165, 1.54) is 77.0 Å². The zero-order valence-corrected chi connectivity index (χ0v) is 13.7. The zero-order valence-electron chi connectivity index (χ0n) is 12.1. The molecule has 1 aliphatic rings. The Hall–Kier alpha value is 0.440. The molecule has 0 aromatic heterocycles. The summed E-state index contributed by atoms with van der Waals surface area (Å²) in [5.41, 5.74) is 0. The summed E-state index contributed by atoms with van der Waals surface area (Å²) in [6.45, 7) is 2.28. The maximum atomic E-state index is 6.05. The summed E-state index contributed by atoms with van der Waals surface area (Å²) in [5, 5.41) is 1.01. The number of hydrogen-bond acceptors (Lipinski definition) is 1. The van der Waals surface area contributed by atoms with Crippen molar-refractivity contribution in [1.82, 2.24) is 0 Å². The van der Waals surface area contributed by atoms with Gasteiger partial charge in [-0.2, -0.15) is 0 Å². The SMILES string of the molecule is CCCCCCCCCCC1CCCC(CBr)O1. The standard InChI is InChI=1S/C16H31BrO/c1-2-3-4-5-6-7-8-9-11-15-12-10-13-16(14-17)18-15/h15-16H,2-14H2,1H3. The number of hydrogen-bond donors (Lipinski definition) is 0. The van der Waals surface area contributed by atoms with Crippen LogP contribution >= 0.6 is 15.9 Å². The minimum Gasteiger partial charge on any atom is -0.374 e. The molecule has 0 N–H and O–H groups in total. The molecule has 18 heavy (non-hydrogen) atoms. The van der Waals surface area contributed by atoms with Crippen LogP contribution in [-0.2, 0) is 4.74 Å². The van der Waals surface area contributed by atoms with Gasteiger partial charge in [-0.05, 0) is 25.7 Å². The molecular formula is C16H31BrO. The quantitative estimate of drug-likeness (QED) is 0.362. The van der Waals surface area contributed by atoms with Gasteiger partial charge in [-0.3, -0.25) is 0 Å². The fourth-order valence-electron chi connectivity index (χ4n) is 2.81. The van der Waals surface area contributed by atoms with Crippen molar-refractivity contribution in [3.05, 3.63) is 0 Å². The van der Waals surface area contributed by atoms with E-state index in [1.54, 1.807) is 0 Å². The van der Waals surface area contributed by atoms with Crippen LogP contribution in [-0.4, -0.2) is 17.5 Å². The largest absolute Gasteiger partial charge is 0.374 e. The molecule has 2 heteroatoms. The van der Waals surface area contributed by atoms with E-state index < -0.39 is 0 Å². The third-order valence-electron chi connectivity index (χ3n) is 3.99. The summed E-state index contributed by atoms with van der Waals surface area (Å²) >= 11 is 3.54. The van der Waals surface area contributed by atoms with Crippen LogP contribution in [0.15, 0.2) is 0 Å². The van der Waals surface area contributed by atoms with Gasteiger partial charge in [-0.1, -0.05) is 74.2 Å². The molecule has 108 valence electrons. The van der Waals surface area contributed by atoms with Crippen LogP contribution in [0.3, 0.4) is 0 Å². The van der Waals surface area contributed by atoms with Crippen LogP contribution in [0.1, 0.15) is 84.0 Å². The van der Waals surface area contributed by atoms with Crippen molar-refractivity contribution in [3.63, 3.8) is 0 Å². The summed E-state index contributed by atoms with van der Waals surface area (Å²) in [6.07, 6.45) is 17.5. The average Bonchev–Trinajstić information content (AvgIpc) is 2.42. The van der Waals surface area contributed by atoms with Gasteiger partial charge in [0.05, 0.1) is 12.2 Å². The number of halogens is 1. The fourth-order valence-corrected chi connectivity index (χ4v) is 3.29. The Bertz CT molecular complexity index is 184. The molecule has 2 atom stereocenters. The lowest BCUT2D eigenvalue weighted by Crippen LogP contribution is -2.28. The van der Waals surface area contributed by atoms with Crippen molar-refractivity contribution in [2.75, 3.05) is 5.33 Å². The lowest BCUT2D eigenvalue weighted by Gasteiger charge is -2.29. The second kappa shape index (κ2) is 11.3. The lowest BCUT2D eigenvalue weighted by atomic mass is 9.99. The summed E-state index contributed by atoms with van der Waals surface area (Å²) in [4.78, 5) is 0. The van der Waals surface area contributed by atoms with Crippen molar-refractivity contribution in [1.29, 1.82) is 0 Å². The molecule has 1 aliphatic heterocycles. The van der Waals surface area contributed by atoms with Crippen LogP contribution in [0.5, 0.6) is 0 Å². The number of alkyl halides is 1. The first kappa shape index (κ1) is 16.5. The van der Waals surface area contributed by atoms with E-state index in [-0.39, 0.29) is 0 Å². The highest BCUT2D eigenvalue weighted by Gasteiger charge is 2.20. The first-order valence-electron chi connectivity index (χ1n) is 8.08. The Morgan fingerprint density at radius 2 is 1.50 bits per heavy atom. The van der Waals surface area contributed by atoms with Crippen LogP contribution in [0.4, 0.5) is 0 Å². The third kappa shape index (κ3) is 7.78. The minimum atomic E-state index is 0.484. The molecule has 0 aromatic rings. The van der Waals surface area contributed by atoms with E-state index in [4.69, 9.17) is 4.74 Å². The maximum Gasteiger partial charge on any atom is 0.0675 e. The summed E-state index contributed by atoms with van der Waals surface area (Å²) in [5.74, 6) is 0. The second-order valence-corrected chi connectivity index (χ2v) is 6.38. The average molecular weight is 319 g/mol. The van der Waals surface area contributed by atoms with E-state index in [1.807, 2.05) is 0 Å². The Balaban J connectivity index is 1.88. The number of unbranched alkanes of at least 4 members (excludes halogenated alkanes) is 7. The molecule has 1 fully saturated rings. The first-order chi connectivity index (χ1) is 8.86. The van der Waals surface area contributed by atoms with Gasteiger partial charge in [0, 0.05) is 5.33 Å². The van der Waals surface area contributed by atoms with Gasteiger partial charge in [0.15, 0.2) is 0 Å². The van der Waals surface area contributed by atoms with E-state index in [0.29, 0.717) is 12.2 Å². The van der Waals surface area contributed by atoms with Crippen molar-refractivity contribution >= 4 is 15.9 Å². The van der Waals surface area contributed by atoms with Crippen LogP contribution < -0.4 is 0 Å². The minimum absolute atomic E-state index is 0.484. The topological polar surface area (TPSA) is 9.23 Å². The second-order valence-electron chi connectivity index (χ2n) is 5.73.